The van der Waals surface area contributed by atoms with Crippen LogP contribution in [0.25, 0.3) is 0 Å². The summed E-state index contributed by atoms with van der Waals surface area (Å²) in [7, 11) is 4.12. The molecule has 0 aliphatic heterocycles. The van der Waals surface area contributed by atoms with Gasteiger partial charge in [-0.3, -0.25) is 4.68 Å². The van der Waals surface area contributed by atoms with E-state index in [0.717, 1.165) is 32.0 Å². The van der Waals surface area contributed by atoms with Crippen LogP contribution in [0.2, 0.25) is 0 Å². The van der Waals surface area contributed by atoms with Gasteiger partial charge in [0.05, 0.1) is 13.1 Å². The summed E-state index contributed by atoms with van der Waals surface area (Å²) in [5, 5.41) is 11.1. The molecule has 0 unspecified atom stereocenters. The lowest BCUT2D eigenvalue weighted by Crippen LogP contribution is -2.38. The molecule has 158 valence electrons. The Morgan fingerprint density at radius 2 is 1.77 bits per heavy atom. The minimum atomic E-state index is 0.629. The van der Waals surface area contributed by atoms with E-state index in [2.05, 4.69) is 90.2 Å². The van der Waals surface area contributed by atoms with Crippen LogP contribution < -0.4 is 15.5 Å². The van der Waals surface area contributed by atoms with Gasteiger partial charge in [0.15, 0.2) is 5.96 Å². The maximum absolute atomic E-state index is 4.80. The van der Waals surface area contributed by atoms with Gasteiger partial charge in [-0.05, 0) is 48.2 Å². The minimum Gasteiger partial charge on any atom is -0.378 e. The number of guanidine groups is 1. The predicted octanol–water partition coefficient (Wildman–Crippen LogP) is 3.30. The molecule has 2 aromatic carbocycles. The molecule has 0 saturated heterocycles. The Hall–Kier alpha value is -3.28. The number of hydrogen-bond donors (Lipinski definition) is 2. The quantitative estimate of drug-likeness (QED) is 0.424. The third-order valence-electron chi connectivity index (χ3n) is 4.92. The summed E-state index contributed by atoms with van der Waals surface area (Å²) in [4.78, 5) is 6.91. The topological polar surface area (TPSA) is 57.5 Å². The van der Waals surface area contributed by atoms with Gasteiger partial charge in [0.25, 0.3) is 0 Å². The number of aliphatic imine (C=N–C) groups is 1. The van der Waals surface area contributed by atoms with Crippen molar-refractivity contribution in [2.45, 2.75) is 26.4 Å². The van der Waals surface area contributed by atoms with Crippen LogP contribution in [0, 0.1) is 0 Å². The fraction of sp³-hybridized carbons (Fsp3) is 0.333. The molecule has 1 aromatic heterocycles. The van der Waals surface area contributed by atoms with Gasteiger partial charge in [-0.1, -0.05) is 36.4 Å². The van der Waals surface area contributed by atoms with Crippen LogP contribution in [-0.2, 0) is 19.5 Å². The van der Waals surface area contributed by atoms with Crippen LogP contribution in [0.15, 0.2) is 72.0 Å². The molecule has 30 heavy (non-hydrogen) atoms. The first-order chi connectivity index (χ1) is 14.7. The lowest BCUT2D eigenvalue weighted by molar-refractivity contribution is 0.680. The van der Waals surface area contributed by atoms with E-state index in [9.17, 15) is 0 Å². The highest BCUT2D eigenvalue weighted by atomic mass is 15.3. The van der Waals surface area contributed by atoms with Crippen molar-refractivity contribution in [1.82, 2.24) is 20.4 Å². The number of nitrogens with one attached hydrogen (secondary N) is 2. The zero-order valence-electron chi connectivity index (χ0n) is 18.2. The van der Waals surface area contributed by atoms with Crippen LogP contribution in [0.5, 0.6) is 0 Å². The highest BCUT2D eigenvalue weighted by Gasteiger charge is 2.04. The van der Waals surface area contributed by atoms with E-state index in [1.165, 1.54) is 22.4 Å². The fourth-order valence-corrected chi connectivity index (χ4v) is 3.23. The summed E-state index contributed by atoms with van der Waals surface area (Å²) >= 11 is 0. The normalized spacial score (nSPS) is 11.4. The number of nitrogens with zero attached hydrogens (tertiary/aromatic N) is 4. The minimum absolute atomic E-state index is 0.629. The average Bonchev–Trinajstić information content (AvgIpc) is 3.26. The molecule has 2 N–H and O–H groups in total. The van der Waals surface area contributed by atoms with E-state index < -0.39 is 0 Å². The van der Waals surface area contributed by atoms with E-state index in [0.29, 0.717) is 6.54 Å². The lowest BCUT2D eigenvalue weighted by Gasteiger charge is -2.14. The predicted molar refractivity (Wildman–Crippen MR) is 125 cm³/mol. The molecule has 0 saturated carbocycles. The van der Waals surface area contributed by atoms with Crippen molar-refractivity contribution < 1.29 is 0 Å². The van der Waals surface area contributed by atoms with Crippen molar-refractivity contribution in [3.05, 3.63) is 83.7 Å². The third-order valence-corrected chi connectivity index (χ3v) is 4.92. The molecule has 3 rings (SSSR count). The number of aromatic nitrogens is 2. The fourth-order valence-electron chi connectivity index (χ4n) is 3.23. The monoisotopic (exact) mass is 404 g/mol. The molecule has 6 heteroatoms. The SMILES string of the molecule is CCNC(=NCc1ccccc1Cn1cccn1)NCCc1ccc(N(C)C)cc1. The van der Waals surface area contributed by atoms with Gasteiger partial charge in [0.1, 0.15) is 0 Å². The van der Waals surface area contributed by atoms with Crippen molar-refractivity contribution in [3.63, 3.8) is 0 Å². The van der Waals surface area contributed by atoms with Crippen LogP contribution in [0.1, 0.15) is 23.6 Å². The Labute approximate surface area is 179 Å². The van der Waals surface area contributed by atoms with Gasteiger partial charge in [-0.2, -0.15) is 5.10 Å². The highest BCUT2D eigenvalue weighted by Crippen LogP contribution is 2.13. The second kappa shape index (κ2) is 11.0. The molecule has 0 aliphatic carbocycles. The number of hydrogen-bond acceptors (Lipinski definition) is 3. The summed E-state index contributed by atoms with van der Waals surface area (Å²) < 4.78 is 1.94. The highest BCUT2D eigenvalue weighted by molar-refractivity contribution is 5.79. The van der Waals surface area contributed by atoms with Crippen molar-refractivity contribution in [1.29, 1.82) is 0 Å². The Balaban J connectivity index is 1.58. The summed E-state index contributed by atoms with van der Waals surface area (Å²) in [6.07, 6.45) is 4.74. The molecule has 0 radical (unpaired) electrons. The van der Waals surface area contributed by atoms with Crippen LogP contribution in [0.3, 0.4) is 0 Å². The molecule has 1 heterocycles. The van der Waals surface area contributed by atoms with Crippen molar-refractivity contribution in [2.75, 3.05) is 32.1 Å². The van der Waals surface area contributed by atoms with Crippen LogP contribution >= 0.6 is 0 Å². The van der Waals surface area contributed by atoms with Crippen molar-refractivity contribution in [2.24, 2.45) is 4.99 Å². The Bertz CT molecular complexity index is 913. The smallest absolute Gasteiger partial charge is 0.191 e. The Kier molecular flexibility index (Phi) is 7.89. The molecule has 0 atom stereocenters. The maximum Gasteiger partial charge on any atom is 0.191 e. The Morgan fingerprint density at radius 3 is 2.43 bits per heavy atom. The number of benzene rings is 2. The van der Waals surface area contributed by atoms with E-state index in [1.807, 2.05) is 23.1 Å². The summed E-state index contributed by atoms with van der Waals surface area (Å²) in [6, 6.07) is 19.0. The first-order valence-electron chi connectivity index (χ1n) is 10.5. The van der Waals surface area contributed by atoms with Crippen molar-refractivity contribution in [3.8, 4) is 0 Å². The Morgan fingerprint density at radius 1 is 1.00 bits per heavy atom. The molecule has 3 aromatic rings. The molecule has 0 aliphatic rings. The summed E-state index contributed by atoms with van der Waals surface area (Å²) in [5.41, 5.74) is 4.98. The molecule has 6 nitrogen and oxygen atoms in total. The second-order valence-corrected chi connectivity index (χ2v) is 7.41. The zero-order chi connectivity index (χ0) is 21.2. The number of rotatable bonds is 9. The molecular formula is C24H32N6. The largest absolute Gasteiger partial charge is 0.378 e. The molecule has 0 fully saturated rings. The average molecular weight is 405 g/mol. The van der Waals surface area contributed by atoms with Gasteiger partial charge in [0, 0.05) is 45.3 Å². The second-order valence-electron chi connectivity index (χ2n) is 7.41. The van der Waals surface area contributed by atoms with Crippen molar-refractivity contribution >= 4 is 11.6 Å². The molecule has 0 amide bonds. The standard InChI is InChI=1S/C24H32N6/c1-4-25-24(26-16-14-20-10-12-23(13-11-20)29(2)3)27-18-21-8-5-6-9-22(21)19-30-17-7-15-28-30/h5-13,15,17H,4,14,16,18-19H2,1-3H3,(H2,25,26,27). The first kappa shape index (κ1) is 21.4. The van der Waals surface area contributed by atoms with Gasteiger partial charge in [0.2, 0.25) is 0 Å². The summed E-state index contributed by atoms with van der Waals surface area (Å²) in [6.45, 7) is 5.14. The van der Waals surface area contributed by atoms with E-state index >= 15 is 0 Å². The summed E-state index contributed by atoms with van der Waals surface area (Å²) in [5.74, 6) is 0.844. The zero-order valence-corrected chi connectivity index (χ0v) is 18.2. The van der Waals surface area contributed by atoms with E-state index in [1.54, 1.807) is 0 Å². The van der Waals surface area contributed by atoms with Gasteiger partial charge < -0.3 is 15.5 Å². The van der Waals surface area contributed by atoms with Gasteiger partial charge in [-0.25, -0.2) is 4.99 Å². The van der Waals surface area contributed by atoms with Gasteiger partial charge in [-0.15, -0.1) is 0 Å². The third kappa shape index (κ3) is 6.37. The number of anilines is 1. The van der Waals surface area contributed by atoms with E-state index in [-0.39, 0.29) is 0 Å². The van der Waals surface area contributed by atoms with Crippen LogP contribution in [0.4, 0.5) is 5.69 Å². The maximum atomic E-state index is 4.80. The molecular weight excluding hydrogens is 372 g/mol. The van der Waals surface area contributed by atoms with E-state index in [4.69, 9.17) is 4.99 Å². The van der Waals surface area contributed by atoms with Crippen LogP contribution in [-0.4, -0.2) is 42.9 Å². The molecule has 0 spiro atoms. The first-order valence-corrected chi connectivity index (χ1v) is 10.5. The molecule has 0 bridgehead atoms. The lowest BCUT2D eigenvalue weighted by atomic mass is 10.1. The van der Waals surface area contributed by atoms with Gasteiger partial charge >= 0.3 is 0 Å².